The highest BCUT2D eigenvalue weighted by Gasteiger charge is 2.73. The van der Waals surface area contributed by atoms with E-state index < -0.39 is 5.91 Å². The number of allylic oxidation sites excluding steroid dienone is 5. The zero-order valence-corrected chi connectivity index (χ0v) is 30.0. The van der Waals surface area contributed by atoms with E-state index in [1.807, 2.05) is 0 Å². The minimum Gasteiger partial charge on any atom is -0.469 e. The van der Waals surface area contributed by atoms with Crippen LogP contribution in [0, 0.1) is 13.8 Å². The van der Waals surface area contributed by atoms with Gasteiger partial charge in [-0.15, -0.1) is 0 Å². The number of nitrogens with zero attached hydrogens (tertiary/aromatic N) is 4. The number of methoxy groups -OCH3 is 4. The molecule has 254 valence electrons. The topological polar surface area (TPSA) is 86.9 Å². The van der Waals surface area contributed by atoms with Crippen LogP contribution in [0.5, 0.6) is 0 Å². The number of carbonyl (C=O) groups excluding carboxylic acids is 2. The normalized spacial score (nSPS) is 21.7. The van der Waals surface area contributed by atoms with Crippen molar-refractivity contribution in [3.63, 3.8) is 0 Å². The lowest BCUT2D eigenvalue weighted by atomic mass is 9.96. The standard InChI is InChI=1S/C39H44N4O6/c1-19-25(11-13-35(44)48-9)31-18-32-26(12-14-36(45)49-10)20(2)28-16-33-38(24(6)47-8)22(4)30-17-34-37(23(5)46-7)21(3)29-15-27(19)40(31)39(41(28)32,42(29)34)43(30)33/h15-18,23-24H,11-14H2,1-10H3/q+2. The minimum atomic E-state index is -0.910. The third-order valence-electron chi connectivity index (χ3n) is 11.8. The van der Waals surface area contributed by atoms with Crippen molar-refractivity contribution in [1.82, 2.24) is 9.13 Å². The molecule has 0 saturated carbocycles. The van der Waals surface area contributed by atoms with E-state index in [1.54, 1.807) is 14.2 Å². The van der Waals surface area contributed by atoms with Gasteiger partial charge in [-0.2, -0.15) is 9.13 Å². The second kappa shape index (κ2) is 10.7. The summed E-state index contributed by atoms with van der Waals surface area (Å²) in [6.07, 6.45) is 10.6. The number of rotatable bonds is 10. The SMILES string of the molecule is COC(=O)CCC1=C(C)C2=[N+]3C1=CC1=[N+]4C(=Cc5c(C)c(C(C)OC)c6n5C34n3c(c(C)c(C(C)OC)c3=C2)=C6)C(C)=C1CCC(=O)OC. The van der Waals surface area contributed by atoms with Crippen molar-refractivity contribution in [3.8, 4) is 0 Å². The Morgan fingerprint density at radius 1 is 0.673 bits per heavy atom. The highest BCUT2D eigenvalue weighted by Crippen LogP contribution is 2.52. The molecule has 0 N–H and O–H groups in total. The van der Waals surface area contributed by atoms with Crippen LogP contribution in [0.2, 0.25) is 0 Å². The molecule has 49 heavy (non-hydrogen) atoms. The van der Waals surface area contributed by atoms with Gasteiger partial charge in [-0.05, 0) is 71.6 Å². The van der Waals surface area contributed by atoms with Crippen LogP contribution < -0.4 is 10.7 Å². The van der Waals surface area contributed by atoms with E-state index in [0.29, 0.717) is 12.8 Å². The highest BCUT2D eigenvalue weighted by atomic mass is 16.5. The van der Waals surface area contributed by atoms with Gasteiger partial charge in [-0.25, -0.2) is 0 Å². The van der Waals surface area contributed by atoms with E-state index >= 15 is 0 Å². The van der Waals surface area contributed by atoms with E-state index in [0.717, 1.165) is 78.3 Å². The summed E-state index contributed by atoms with van der Waals surface area (Å²) in [4.78, 5) is 25.1. The molecule has 2 aromatic rings. The van der Waals surface area contributed by atoms with E-state index in [2.05, 4.69) is 84.1 Å². The fourth-order valence-electron chi connectivity index (χ4n) is 9.30. The molecule has 0 radical (unpaired) electrons. The summed E-state index contributed by atoms with van der Waals surface area (Å²) in [5.74, 6) is -1.38. The van der Waals surface area contributed by atoms with Crippen LogP contribution in [0.25, 0.3) is 18.2 Å². The lowest BCUT2D eigenvalue weighted by Gasteiger charge is -2.38. The smallest absolute Gasteiger partial charge is 0.469 e. The first-order valence-electron chi connectivity index (χ1n) is 17.1. The molecule has 10 heteroatoms. The lowest BCUT2D eigenvalue weighted by molar-refractivity contribution is -0.837. The lowest BCUT2D eigenvalue weighted by Crippen LogP contribution is -2.70. The summed E-state index contributed by atoms with van der Waals surface area (Å²) in [6, 6.07) is 0. The summed E-state index contributed by atoms with van der Waals surface area (Å²) >= 11 is 0. The van der Waals surface area contributed by atoms with Crippen molar-refractivity contribution in [3.05, 3.63) is 84.1 Å². The van der Waals surface area contributed by atoms with Gasteiger partial charge >= 0.3 is 17.8 Å². The molecule has 3 atom stereocenters. The second-order valence-corrected chi connectivity index (χ2v) is 13.8. The monoisotopic (exact) mass is 664 g/mol. The molecule has 10 nitrogen and oxygen atoms in total. The maximum atomic E-state index is 12.6. The van der Waals surface area contributed by atoms with Gasteiger partial charge in [0.1, 0.15) is 0 Å². The predicted octanol–water partition coefficient (Wildman–Crippen LogP) is 4.10. The molecule has 0 amide bonds. The number of ether oxygens (including phenoxy) is 4. The van der Waals surface area contributed by atoms with Crippen molar-refractivity contribution in [2.24, 2.45) is 0 Å². The van der Waals surface area contributed by atoms with Crippen LogP contribution in [0.15, 0.2) is 39.8 Å². The molecule has 2 aromatic heterocycles. The van der Waals surface area contributed by atoms with E-state index in [1.165, 1.54) is 25.3 Å². The first-order chi connectivity index (χ1) is 23.5. The summed E-state index contributed by atoms with van der Waals surface area (Å²) in [7, 11) is 6.42. The predicted molar refractivity (Wildman–Crippen MR) is 184 cm³/mol. The molecular formula is C39H44N4O6+2. The molecule has 8 rings (SSSR count). The van der Waals surface area contributed by atoms with Gasteiger partial charge in [0.05, 0.1) is 54.6 Å². The Bertz CT molecular complexity index is 2280. The Hall–Kier alpha value is -4.54. The van der Waals surface area contributed by atoms with Gasteiger partial charge in [0.25, 0.3) is 0 Å². The second-order valence-electron chi connectivity index (χ2n) is 13.8. The minimum absolute atomic E-state index is 0.144. The van der Waals surface area contributed by atoms with Gasteiger partial charge in [0.2, 0.25) is 22.8 Å². The van der Waals surface area contributed by atoms with Gasteiger partial charge in [-0.1, -0.05) is 9.15 Å². The summed E-state index contributed by atoms with van der Waals surface area (Å²) in [5.41, 5.74) is 15.7. The molecule has 3 unspecified atom stereocenters. The maximum Gasteiger partial charge on any atom is 0.553 e. The number of hydrogen-bond donors (Lipinski definition) is 0. The maximum absolute atomic E-state index is 12.6. The van der Waals surface area contributed by atoms with Gasteiger partial charge < -0.3 is 18.9 Å². The zero-order chi connectivity index (χ0) is 34.8. The Morgan fingerprint density at radius 2 is 1.29 bits per heavy atom. The van der Waals surface area contributed by atoms with Crippen LogP contribution in [0.1, 0.15) is 99.2 Å². The summed E-state index contributed by atoms with van der Waals surface area (Å²) in [6.45, 7) is 13.0. The van der Waals surface area contributed by atoms with Crippen LogP contribution in [0.3, 0.4) is 0 Å². The number of esters is 2. The quantitative estimate of drug-likeness (QED) is 0.281. The van der Waals surface area contributed by atoms with Crippen LogP contribution in [-0.4, -0.2) is 70.1 Å². The first-order valence-corrected chi connectivity index (χ1v) is 17.1. The first kappa shape index (κ1) is 31.7. The zero-order valence-electron chi connectivity index (χ0n) is 30.0. The van der Waals surface area contributed by atoms with Gasteiger partial charge in [0.15, 0.2) is 0 Å². The molecule has 0 bridgehead atoms. The molecule has 0 aliphatic carbocycles. The van der Waals surface area contributed by atoms with Crippen LogP contribution in [0.4, 0.5) is 0 Å². The van der Waals surface area contributed by atoms with Crippen molar-refractivity contribution in [2.75, 3.05) is 28.4 Å². The summed E-state index contributed by atoms with van der Waals surface area (Å²) < 4.78 is 32.3. The molecule has 0 saturated heterocycles. The molecular weight excluding hydrogens is 620 g/mol. The van der Waals surface area contributed by atoms with Crippen molar-refractivity contribution in [1.29, 1.82) is 0 Å². The van der Waals surface area contributed by atoms with E-state index in [4.69, 9.17) is 18.9 Å². The number of aromatic nitrogens is 2. The van der Waals surface area contributed by atoms with Crippen molar-refractivity contribution in [2.45, 2.75) is 85.3 Å². The van der Waals surface area contributed by atoms with Crippen molar-refractivity contribution < 1.29 is 37.7 Å². The van der Waals surface area contributed by atoms with E-state index in [-0.39, 0.29) is 37.0 Å². The molecule has 0 fully saturated rings. The molecule has 6 aliphatic rings. The fourth-order valence-corrected chi connectivity index (χ4v) is 9.30. The van der Waals surface area contributed by atoms with Gasteiger partial charge in [-0.3, -0.25) is 9.59 Å². The van der Waals surface area contributed by atoms with Crippen LogP contribution >= 0.6 is 0 Å². The number of hydrogen-bond acceptors (Lipinski definition) is 6. The average molecular weight is 665 g/mol. The Labute approximate surface area is 285 Å². The Kier molecular flexibility index (Phi) is 6.94. The third-order valence-corrected chi connectivity index (χ3v) is 11.8. The number of carbonyl (C=O) groups is 2. The molecule has 8 heterocycles. The van der Waals surface area contributed by atoms with E-state index in [9.17, 15) is 9.59 Å². The Morgan fingerprint density at radius 3 is 1.92 bits per heavy atom. The molecule has 1 spiro atoms. The average Bonchev–Trinajstić information content (AvgIpc) is 3.75. The summed E-state index contributed by atoms with van der Waals surface area (Å²) in [5, 5.41) is 2.22. The van der Waals surface area contributed by atoms with Crippen molar-refractivity contribution >= 4 is 41.6 Å². The highest BCUT2D eigenvalue weighted by molar-refractivity contribution is 6.20. The molecule has 6 aliphatic heterocycles. The fraction of sp³-hybridized carbons (Fsp3) is 0.436. The largest absolute Gasteiger partial charge is 0.553 e. The van der Waals surface area contributed by atoms with Gasteiger partial charge in [0, 0.05) is 72.6 Å². The molecule has 0 aromatic carbocycles. The van der Waals surface area contributed by atoms with Crippen LogP contribution in [-0.2, 0) is 34.4 Å². The Balaban J connectivity index is 1.56. The third kappa shape index (κ3) is 3.73.